The van der Waals surface area contributed by atoms with Crippen LogP contribution in [0.3, 0.4) is 0 Å². The number of anilines is 1. The zero-order valence-electron chi connectivity index (χ0n) is 19.5. The number of hydrogen-bond acceptors (Lipinski definition) is 3. The number of aromatic nitrogens is 1. The normalized spacial score (nSPS) is 17.3. The minimum absolute atomic E-state index is 0.0253. The lowest BCUT2D eigenvalue weighted by Crippen LogP contribution is -2.46. The number of rotatable bonds is 4. The van der Waals surface area contributed by atoms with Gasteiger partial charge in [0.1, 0.15) is 11.6 Å². The number of piperidine rings is 1. The van der Waals surface area contributed by atoms with Crippen molar-refractivity contribution < 1.29 is 13.6 Å². The molecular formula is C28H26ClF2N3O. The first-order chi connectivity index (χ1) is 16.8. The first-order valence-corrected chi connectivity index (χ1v) is 12.1. The van der Waals surface area contributed by atoms with Crippen molar-refractivity contribution in [1.29, 1.82) is 0 Å². The Bertz CT molecular complexity index is 1300. The Morgan fingerprint density at radius 2 is 1.91 bits per heavy atom. The van der Waals surface area contributed by atoms with E-state index in [0.717, 1.165) is 48.9 Å². The molecule has 2 aromatic carbocycles. The van der Waals surface area contributed by atoms with Crippen LogP contribution < -0.4 is 4.90 Å². The summed E-state index contributed by atoms with van der Waals surface area (Å²) in [6.45, 7) is 4.86. The van der Waals surface area contributed by atoms with Crippen LogP contribution in [-0.2, 0) is 5.41 Å². The van der Waals surface area contributed by atoms with Crippen LogP contribution in [0, 0.1) is 18.6 Å². The Morgan fingerprint density at radius 1 is 1.11 bits per heavy atom. The fourth-order valence-electron chi connectivity index (χ4n) is 5.21. The third-order valence-corrected chi connectivity index (χ3v) is 7.34. The van der Waals surface area contributed by atoms with E-state index < -0.39 is 11.6 Å². The van der Waals surface area contributed by atoms with Gasteiger partial charge in [0.25, 0.3) is 5.91 Å². The smallest absolute Gasteiger partial charge is 0.258 e. The molecule has 0 atom stereocenters. The second-order valence-corrected chi connectivity index (χ2v) is 9.82. The Labute approximate surface area is 208 Å². The number of carbonyl (C=O) groups is 1. The molecule has 2 aliphatic rings. The first-order valence-electron chi connectivity index (χ1n) is 11.7. The summed E-state index contributed by atoms with van der Waals surface area (Å²) >= 11 is 6.38. The molecular weight excluding hydrogens is 468 g/mol. The highest BCUT2D eigenvalue weighted by molar-refractivity contribution is 6.30. The molecule has 1 amide bonds. The van der Waals surface area contributed by atoms with Gasteiger partial charge in [-0.15, -0.1) is 0 Å². The molecule has 180 valence electrons. The van der Waals surface area contributed by atoms with E-state index in [1.807, 2.05) is 42.2 Å². The summed E-state index contributed by atoms with van der Waals surface area (Å²) in [6.07, 6.45) is 7.05. The molecule has 0 N–H and O–H groups in total. The molecule has 2 aliphatic heterocycles. The number of likely N-dealkylation sites (tertiary alicyclic amines) is 1. The number of fused-ring (bicyclic) bond motifs is 2. The van der Waals surface area contributed by atoms with Gasteiger partial charge in [-0.1, -0.05) is 23.8 Å². The number of hydrogen-bond donors (Lipinski definition) is 0. The van der Waals surface area contributed by atoms with E-state index in [0.29, 0.717) is 29.2 Å². The number of pyridine rings is 1. The summed E-state index contributed by atoms with van der Waals surface area (Å²) in [6, 6.07) is 13.0. The molecule has 35 heavy (non-hydrogen) atoms. The standard InChI is InChI=1S/C28H26ClF2N3O/c1-19-15-21(8-11-32-19)27(35)34-18-28(24-16-22(29)5-7-26(24)34)9-13-33(14-10-28)12-2-3-20-4-6-23(30)17-25(20)31/h2-8,11,15-17H,9-10,12-14,18H2,1H3/b3-2+. The summed E-state index contributed by atoms with van der Waals surface area (Å²) in [5, 5.41) is 0.670. The van der Waals surface area contributed by atoms with Gasteiger partial charge in [0.2, 0.25) is 0 Å². The number of carbonyl (C=O) groups excluding carboxylic acids is 1. The molecule has 0 saturated carbocycles. The number of halogens is 3. The van der Waals surface area contributed by atoms with E-state index >= 15 is 0 Å². The Hall–Kier alpha value is -3.09. The third-order valence-electron chi connectivity index (χ3n) is 7.11. The Balaban J connectivity index is 1.31. The van der Waals surface area contributed by atoms with Crippen LogP contribution in [0.5, 0.6) is 0 Å². The molecule has 0 bridgehead atoms. The van der Waals surface area contributed by atoms with Gasteiger partial charge in [-0.2, -0.15) is 0 Å². The summed E-state index contributed by atoms with van der Waals surface area (Å²) in [5.74, 6) is -1.17. The van der Waals surface area contributed by atoms with Gasteiger partial charge >= 0.3 is 0 Å². The third kappa shape index (κ3) is 4.73. The van der Waals surface area contributed by atoms with Crippen molar-refractivity contribution in [2.24, 2.45) is 0 Å². The number of nitrogens with zero attached hydrogens (tertiary/aromatic N) is 3. The van der Waals surface area contributed by atoms with Crippen molar-refractivity contribution >= 4 is 29.3 Å². The van der Waals surface area contributed by atoms with Gasteiger partial charge in [0, 0.05) is 58.3 Å². The lowest BCUT2D eigenvalue weighted by molar-refractivity contribution is 0.0977. The van der Waals surface area contributed by atoms with Crippen molar-refractivity contribution in [3.63, 3.8) is 0 Å². The van der Waals surface area contributed by atoms with Crippen LogP contribution in [-0.4, -0.2) is 42.0 Å². The average Bonchev–Trinajstić information content (AvgIpc) is 3.14. The van der Waals surface area contributed by atoms with Crippen molar-refractivity contribution in [2.45, 2.75) is 25.2 Å². The molecule has 7 heteroatoms. The summed E-state index contributed by atoms with van der Waals surface area (Å²) in [5.41, 5.74) is 3.72. The lowest BCUT2D eigenvalue weighted by Gasteiger charge is -2.39. The lowest BCUT2D eigenvalue weighted by atomic mass is 9.74. The average molecular weight is 494 g/mol. The number of amides is 1. The molecule has 0 unspecified atom stereocenters. The van der Waals surface area contributed by atoms with Crippen LogP contribution >= 0.6 is 11.6 Å². The highest BCUT2D eigenvalue weighted by atomic mass is 35.5. The van der Waals surface area contributed by atoms with Crippen LogP contribution in [0.25, 0.3) is 6.08 Å². The van der Waals surface area contributed by atoms with E-state index in [1.54, 1.807) is 18.3 Å². The van der Waals surface area contributed by atoms with Gasteiger partial charge in [-0.25, -0.2) is 8.78 Å². The van der Waals surface area contributed by atoms with Gasteiger partial charge < -0.3 is 4.90 Å². The van der Waals surface area contributed by atoms with Gasteiger partial charge in [-0.05, 0) is 80.9 Å². The van der Waals surface area contributed by atoms with Crippen molar-refractivity contribution in [1.82, 2.24) is 9.88 Å². The predicted molar refractivity (Wildman–Crippen MR) is 135 cm³/mol. The topological polar surface area (TPSA) is 36.4 Å². The van der Waals surface area contributed by atoms with Gasteiger partial charge in [-0.3, -0.25) is 14.7 Å². The van der Waals surface area contributed by atoms with Crippen LogP contribution in [0.2, 0.25) is 5.02 Å². The van der Waals surface area contributed by atoms with E-state index in [-0.39, 0.29) is 11.3 Å². The largest absolute Gasteiger partial charge is 0.307 e. The number of aryl methyl sites for hydroxylation is 1. The molecule has 1 spiro atoms. The van der Waals surface area contributed by atoms with Crippen LogP contribution in [0.4, 0.5) is 14.5 Å². The molecule has 4 nitrogen and oxygen atoms in total. The summed E-state index contributed by atoms with van der Waals surface area (Å²) in [4.78, 5) is 21.9. The van der Waals surface area contributed by atoms with Gasteiger partial charge in [0.05, 0.1) is 0 Å². The molecule has 0 radical (unpaired) electrons. The maximum absolute atomic E-state index is 13.9. The highest BCUT2D eigenvalue weighted by Crippen LogP contribution is 2.48. The van der Waals surface area contributed by atoms with Crippen LogP contribution in [0.15, 0.2) is 60.8 Å². The second-order valence-electron chi connectivity index (χ2n) is 9.39. The second kappa shape index (κ2) is 9.51. The van der Waals surface area contributed by atoms with Gasteiger partial charge in [0.15, 0.2) is 0 Å². The molecule has 3 heterocycles. The molecule has 3 aromatic rings. The Morgan fingerprint density at radius 3 is 2.66 bits per heavy atom. The monoisotopic (exact) mass is 493 g/mol. The Kier molecular flexibility index (Phi) is 6.43. The molecule has 1 fully saturated rings. The van der Waals surface area contributed by atoms with E-state index in [9.17, 15) is 13.6 Å². The minimum atomic E-state index is -0.579. The SMILES string of the molecule is Cc1cc(C(=O)N2CC3(CCN(C/C=C/c4ccc(F)cc4F)CC3)c3cc(Cl)ccc32)ccn1. The first kappa shape index (κ1) is 23.6. The maximum atomic E-state index is 13.9. The van der Waals surface area contributed by atoms with E-state index in [2.05, 4.69) is 9.88 Å². The van der Waals surface area contributed by atoms with E-state index in [4.69, 9.17) is 11.6 Å². The zero-order valence-corrected chi connectivity index (χ0v) is 20.2. The fourth-order valence-corrected chi connectivity index (χ4v) is 5.39. The van der Waals surface area contributed by atoms with Crippen molar-refractivity contribution in [2.75, 3.05) is 31.1 Å². The molecule has 0 aliphatic carbocycles. The molecule has 1 aromatic heterocycles. The van der Waals surface area contributed by atoms with E-state index in [1.165, 1.54) is 12.1 Å². The zero-order chi connectivity index (χ0) is 24.6. The molecule has 5 rings (SSSR count). The van der Waals surface area contributed by atoms with Crippen LogP contribution in [0.1, 0.15) is 40.0 Å². The minimum Gasteiger partial charge on any atom is -0.307 e. The fraction of sp³-hybridized carbons (Fsp3) is 0.286. The maximum Gasteiger partial charge on any atom is 0.258 e. The quantitative estimate of drug-likeness (QED) is 0.445. The predicted octanol–water partition coefficient (Wildman–Crippen LogP) is 6.03. The molecule has 1 saturated heterocycles. The van der Waals surface area contributed by atoms with Crippen molar-refractivity contribution in [3.8, 4) is 0 Å². The summed E-state index contributed by atoms with van der Waals surface area (Å²) < 4.78 is 27.0. The van der Waals surface area contributed by atoms with Crippen molar-refractivity contribution in [3.05, 3.63) is 99.8 Å². The number of benzene rings is 2. The highest BCUT2D eigenvalue weighted by Gasteiger charge is 2.46. The summed E-state index contributed by atoms with van der Waals surface area (Å²) in [7, 11) is 0.